The molecule has 1 aliphatic rings. The molecule has 1 fully saturated rings. The summed E-state index contributed by atoms with van der Waals surface area (Å²) in [6, 6.07) is 11.1. The Morgan fingerprint density at radius 3 is 2.65 bits per heavy atom. The van der Waals surface area contributed by atoms with Crippen LogP contribution in [0.3, 0.4) is 0 Å². The van der Waals surface area contributed by atoms with E-state index >= 15 is 0 Å². The lowest BCUT2D eigenvalue weighted by molar-refractivity contribution is -0.646. The summed E-state index contributed by atoms with van der Waals surface area (Å²) in [5.41, 5.74) is 3.86. The zero-order valence-electron chi connectivity index (χ0n) is 12.5. The number of rotatable bonds is 2. The molecule has 2 heterocycles. The van der Waals surface area contributed by atoms with E-state index in [1.54, 1.807) is 0 Å². The van der Waals surface area contributed by atoms with Gasteiger partial charge in [0.25, 0.3) is 0 Å². The zero-order valence-corrected chi connectivity index (χ0v) is 12.5. The van der Waals surface area contributed by atoms with Gasteiger partial charge in [0.2, 0.25) is 11.2 Å². The summed E-state index contributed by atoms with van der Waals surface area (Å²) in [6.45, 7) is 4.55. The number of aryl methyl sites for hydroxylation is 2. The second kappa shape index (κ2) is 5.66. The van der Waals surface area contributed by atoms with E-state index in [0.29, 0.717) is 0 Å². The molecule has 0 spiro atoms. The highest BCUT2D eigenvalue weighted by molar-refractivity contribution is 5.77. The third-order valence-corrected chi connectivity index (χ3v) is 4.21. The summed E-state index contributed by atoms with van der Waals surface area (Å²) in [4.78, 5) is 2.43. The highest BCUT2D eigenvalue weighted by atomic mass is 15.1. The molecule has 0 atom stereocenters. The molecular weight excluding hydrogens is 244 g/mol. The average molecular weight is 267 g/mol. The topological polar surface area (TPSA) is 7.12 Å². The van der Waals surface area contributed by atoms with E-state index in [2.05, 4.69) is 66.0 Å². The first-order valence-electron chi connectivity index (χ1n) is 7.56. The minimum absolute atomic E-state index is 1.20. The summed E-state index contributed by atoms with van der Waals surface area (Å²) in [7, 11) is 2.15. The molecule has 104 valence electrons. The Morgan fingerprint density at radius 1 is 1.05 bits per heavy atom. The van der Waals surface area contributed by atoms with Gasteiger partial charge < -0.3 is 4.90 Å². The number of nitrogens with zero attached hydrogens (tertiary/aromatic N) is 2. The first-order valence-corrected chi connectivity index (χ1v) is 7.56. The molecule has 3 rings (SSSR count). The van der Waals surface area contributed by atoms with E-state index in [0.717, 1.165) is 0 Å². The fraction of sp³-hybridized carbons (Fsp3) is 0.389. The second-order valence-electron chi connectivity index (χ2n) is 5.79. The zero-order chi connectivity index (χ0) is 13.9. The lowest BCUT2D eigenvalue weighted by atomic mass is 10.1. The largest absolute Gasteiger partial charge is 0.377 e. The van der Waals surface area contributed by atoms with Crippen molar-refractivity contribution in [2.45, 2.75) is 26.2 Å². The summed E-state index contributed by atoms with van der Waals surface area (Å²) >= 11 is 0. The van der Waals surface area contributed by atoms with Crippen LogP contribution in [-0.2, 0) is 7.05 Å². The lowest BCUT2D eigenvalue weighted by Crippen LogP contribution is -2.33. The molecular formula is C18H23N2+. The van der Waals surface area contributed by atoms with Crippen molar-refractivity contribution in [3.05, 3.63) is 47.8 Å². The van der Waals surface area contributed by atoms with Crippen molar-refractivity contribution in [3.63, 3.8) is 0 Å². The van der Waals surface area contributed by atoms with Crippen molar-refractivity contribution >= 4 is 17.0 Å². The maximum atomic E-state index is 2.43. The van der Waals surface area contributed by atoms with Gasteiger partial charge in [0.15, 0.2) is 0 Å². The van der Waals surface area contributed by atoms with E-state index in [4.69, 9.17) is 0 Å². The second-order valence-corrected chi connectivity index (χ2v) is 5.79. The number of benzene rings is 1. The van der Waals surface area contributed by atoms with Crippen molar-refractivity contribution in [1.29, 1.82) is 0 Å². The molecule has 1 saturated heterocycles. The van der Waals surface area contributed by atoms with Crippen LogP contribution in [0.15, 0.2) is 36.5 Å². The number of hydrogen-bond donors (Lipinski definition) is 0. The standard InChI is InChI=1S/C18H23N2/c1-15-6-9-18-16(14-15)7-8-17(19(18)2)10-13-20-11-4-3-5-12-20/h6-10,13-14H,3-5,11-12H2,1-2H3/q+1. The van der Waals surface area contributed by atoms with E-state index in [1.807, 2.05) is 0 Å². The quantitative estimate of drug-likeness (QED) is 0.756. The first kappa shape index (κ1) is 13.2. The van der Waals surface area contributed by atoms with Crippen LogP contribution < -0.4 is 4.57 Å². The predicted molar refractivity (Wildman–Crippen MR) is 84.3 cm³/mol. The molecule has 1 aliphatic heterocycles. The van der Waals surface area contributed by atoms with Crippen LogP contribution in [0.5, 0.6) is 0 Å². The van der Waals surface area contributed by atoms with Gasteiger partial charge in [-0.3, -0.25) is 0 Å². The molecule has 0 aliphatic carbocycles. The molecule has 0 amide bonds. The van der Waals surface area contributed by atoms with Gasteiger partial charge >= 0.3 is 0 Å². The number of aromatic nitrogens is 1. The Bertz CT molecular complexity index is 637. The van der Waals surface area contributed by atoms with Crippen LogP contribution in [0.1, 0.15) is 30.5 Å². The molecule has 2 heteroatoms. The average Bonchev–Trinajstić information content (AvgIpc) is 2.47. The Morgan fingerprint density at radius 2 is 1.85 bits per heavy atom. The molecule has 0 unspecified atom stereocenters. The number of pyridine rings is 1. The first-order chi connectivity index (χ1) is 9.74. The minimum Gasteiger partial charge on any atom is -0.377 e. The molecule has 0 saturated carbocycles. The smallest absolute Gasteiger partial charge is 0.212 e. The SMILES string of the molecule is Cc1ccc2c(ccc(/C=C/N3CCCCC3)[n+]2C)c1. The van der Waals surface area contributed by atoms with Crippen molar-refractivity contribution in [1.82, 2.24) is 4.90 Å². The molecule has 2 aromatic rings. The van der Waals surface area contributed by atoms with E-state index < -0.39 is 0 Å². The molecule has 0 bridgehead atoms. The van der Waals surface area contributed by atoms with E-state index in [1.165, 1.54) is 54.5 Å². The fourth-order valence-electron chi connectivity index (χ4n) is 2.96. The summed E-state index contributed by atoms with van der Waals surface area (Å²) < 4.78 is 2.27. The molecule has 2 nitrogen and oxygen atoms in total. The van der Waals surface area contributed by atoms with Crippen molar-refractivity contribution in [2.75, 3.05) is 13.1 Å². The third kappa shape index (κ3) is 2.69. The predicted octanol–water partition coefficient (Wildman–Crippen LogP) is 3.43. The van der Waals surface area contributed by atoms with Gasteiger partial charge in [-0.25, -0.2) is 0 Å². The van der Waals surface area contributed by atoms with Gasteiger partial charge in [-0.15, -0.1) is 0 Å². The number of hydrogen-bond acceptors (Lipinski definition) is 1. The lowest BCUT2D eigenvalue weighted by Gasteiger charge is -2.24. The fourth-order valence-corrected chi connectivity index (χ4v) is 2.96. The van der Waals surface area contributed by atoms with Crippen LogP contribution in [0, 0.1) is 6.92 Å². The van der Waals surface area contributed by atoms with Crippen LogP contribution in [0.25, 0.3) is 17.0 Å². The molecule has 0 radical (unpaired) electrons. The van der Waals surface area contributed by atoms with Crippen LogP contribution in [-0.4, -0.2) is 18.0 Å². The van der Waals surface area contributed by atoms with Crippen molar-refractivity contribution in [2.24, 2.45) is 7.05 Å². The Kier molecular flexibility index (Phi) is 3.72. The Hall–Kier alpha value is -1.83. The Labute approximate surface area is 121 Å². The molecule has 1 aromatic carbocycles. The molecule has 0 N–H and O–H groups in total. The number of piperidine rings is 1. The van der Waals surface area contributed by atoms with E-state index in [-0.39, 0.29) is 0 Å². The summed E-state index contributed by atoms with van der Waals surface area (Å²) in [5, 5.41) is 1.31. The van der Waals surface area contributed by atoms with Crippen LogP contribution in [0.2, 0.25) is 0 Å². The highest BCUT2D eigenvalue weighted by Crippen LogP contribution is 2.14. The number of fused-ring (bicyclic) bond motifs is 1. The molecule has 20 heavy (non-hydrogen) atoms. The van der Waals surface area contributed by atoms with Gasteiger partial charge in [-0.1, -0.05) is 11.6 Å². The molecule has 1 aromatic heterocycles. The van der Waals surface area contributed by atoms with Gasteiger partial charge in [-0.05, 0) is 38.3 Å². The van der Waals surface area contributed by atoms with Gasteiger partial charge in [-0.2, -0.15) is 4.57 Å². The van der Waals surface area contributed by atoms with Crippen LogP contribution in [0.4, 0.5) is 0 Å². The normalized spacial score (nSPS) is 16.2. The Balaban J connectivity index is 1.89. The van der Waals surface area contributed by atoms with E-state index in [9.17, 15) is 0 Å². The van der Waals surface area contributed by atoms with Gasteiger partial charge in [0, 0.05) is 42.9 Å². The van der Waals surface area contributed by atoms with Gasteiger partial charge in [0.05, 0.1) is 0 Å². The minimum atomic E-state index is 1.20. The van der Waals surface area contributed by atoms with Gasteiger partial charge in [0.1, 0.15) is 7.05 Å². The summed E-state index contributed by atoms with van der Waals surface area (Å²) in [6.07, 6.45) is 8.54. The third-order valence-electron chi connectivity index (χ3n) is 4.21. The monoisotopic (exact) mass is 267 g/mol. The maximum absolute atomic E-state index is 2.43. The van der Waals surface area contributed by atoms with Crippen LogP contribution >= 0.6 is 0 Å². The maximum Gasteiger partial charge on any atom is 0.212 e. The number of likely N-dealkylation sites (tertiary alicyclic amines) is 1. The van der Waals surface area contributed by atoms with Crippen molar-refractivity contribution in [3.8, 4) is 0 Å². The highest BCUT2D eigenvalue weighted by Gasteiger charge is 2.10. The van der Waals surface area contributed by atoms with Crippen molar-refractivity contribution < 1.29 is 4.57 Å². The summed E-state index contributed by atoms with van der Waals surface area (Å²) in [5.74, 6) is 0.